The average molecular weight is 233 g/mol. The van der Waals surface area contributed by atoms with Crippen molar-refractivity contribution in [1.29, 1.82) is 0 Å². The lowest BCUT2D eigenvalue weighted by Gasteiger charge is -2.33. The molecule has 1 saturated carbocycles. The zero-order chi connectivity index (χ0) is 11.8. The largest absolute Gasteiger partial charge is 0.391 e. The van der Waals surface area contributed by atoms with E-state index in [4.69, 9.17) is 0 Å². The Hall–Kier alpha value is -1.16. The Kier molecular flexibility index (Phi) is 2.74. The smallest absolute Gasteiger partial charge is 0.149 e. The minimum atomic E-state index is -0.216. The number of aliphatic hydroxyl groups excluding tert-OH is 1. The molecule has 0 spiro atoms. The van der Waals surface area contributed by atoms with Gasteiger partial charge in [-0.25, -0.2) is 0 Å². The standard InChI is InChI=1S/C13H19N3O/c1-8-2-3-10-9(6-8)7-13(16-15-10)14-11-4-5-12(11)17/h7-8,11-12,17H,2-6H2,1H3,(H,14,16). The van der Waals surface area contributed by atoms with E-state index < -0.39 is 0 Å². The second kappa shape index (κ2) is 4.26. The molecule has 4 nitrogen and oxygen atoms in total. The molecule has 0 aliphatic heterocycles. The van der Waals surface area contributed by atoms with Crippen LogP contribution in [0, 0.1) is 5.92 Å². The van der Waals surface area contributed by atoms with Crippen LogP contribution in [0.1, 0.15) is 37.4 Å². The van der Waals surface area contributed by atoms with E-state index in [1.807, 2.05) is 0 Å². The first-order valence-electron chi connectivity index (χ1n) is 6.52. The predicted octanol–water partition coefficient (Wildman–Crippen LogP) is 1.54. The maximum atomic E-state index is 9.54. The van der Waals surface area contributed by atoms with E-state index in [-0.39, 0.29) is 12.1 Å². The van der Waals surface area contributed by atoms with Gasteiger partial charge in [-0.05, 0) is 49.7 Å². The molecule has 1 fully saturated rings. The Balaban J connectivity index is 1.75. The quantitative estimate of drug-likeness (QED) is 0.813. The number of nitrogens with one attached hydrogen (secondary N) is 1. The number of rotatable bonds is 2. The van der Waals surface area contributed by atoms with E-state index in [0.29, 0.717) is 0 Å². The summed E-state index contributed by atoms with van der Waals surface area (Å²) in [4.78, 5) is 0. The topological polar surface area (TPSA) is 58.0 Å². The fourth-order valence-electron chi connectivity index (χ4n) is 2.61. The van der Waals surface area contributed by atoms with Crippen LogP contribution in [0.4, 0.5) is 5.82 Å². The summed E-state index contributed by atoms with van der Waals surface area (Å²) in [6, 6.07) is 2.28. The molecule has 92 valence electrons. The molecule has 3 atom stereocenters. The Morgan fingerprint density at radius 2 is 2.18 bits per heavy atom. The van der Waals surface area contributed by atoms with Gasteiger partial charge in [-0.2, -0.15) is 5.10 Å². The van der Waals surface area contributed by atoms with E-state index in [2.05, 4.69) is 28.5 Å². The van der Waals surface area contributed by atoms with Gasteiger partial charge in [0.25, 0.3) is 0 Å². The predicted molar refractivity (Wildman–Crippen MR) is 65.9 cm³/mol. The first kappa shape index (κ1) is 11.0. The van der Waals surface area contributed by atoms with Crippen LogP contribution in [0.5, 0.6) is 0 Å². The van der Waals surface area contributed by atoms with Crippen molar-refractivity contribution in [3.05, 3.63) is 17.3 Å². The second-order valence-corrected chi connectivity index (χ2v) is 5.45. The molecule has 17 heavy (non-hydrogen) atoms. The van der Waals surface area contributed by atoms with E-state index in [1.54, 1.807) is 0 Å². The van der Waals surface area contributed by atoms with Gasteiger partial charge in [0, 0.05) is 0 Å². The third kappa shape index (κ3) is 2.14. The lowest BCUT2D eigenvalue weighted by molar-refractivity contribution is 0.0784. The van der Waals surface area contributed by atoms with Gasteiger partial charge in [-0.15, -0.1) is 5.10 Å². The first-order chi connectivity index (χ1) is 8.22. The molecule has 3 rings (SSSR count). The van der Waals surface area contributed by atoms with Crippen molar-refractivity contribution >= 4 is 5.82 Å². The number of hydrogen-bond donors (Lipinski definition) is 2. The minimum Gasteiger partial charge on any atom is -0.391 e. The van der Waals surface area contributed by atoms with Crippen LogP contribution in [0.15, 0.2) is 6.07 Å². The highest BCUT2D eigenvalue weighted by Gasteiger charge is 2.29. The van der Waals surface area contributed by atoms with Gasteiger partial charge in [-0.3, -0.25) is 0 Å². The molecule has 1 heterocycles. The molecule has 2 N–H and O–H groups in total. The number of aromatic nitrogens is 2. The van der Waals surface area contributed by atoms with Crippen LogP contribution in [-0.4, -0.2) is 27.4 Å². The lowest BCUT2D eigenvalue weighted by atomic mass is 9.87. The molecule has 4 heteroatoms. The number of fused-ring (bicyclic) bond motifs is 1. The Morgan fingerprint density at radius 3 is 2.88 bits per heavy atom. The molecule has 0 saturated heterocycles. The fourth-order valence-corrected chi connectivity index (χ4v) is 2.61. The van der Waals surface area contributed by atoms with Crippen LogP contribution in [0.25, 0.3) is 0 Å². The SMILES string of the molecule is CC1CCc2nnc(NC3CCC3O)cc2C1. The maximum Gasteiger partial charge on any atom is 0.149 e. The summed E-state index contributed by atoms with van der Waals surface area (Å²) in [5, 5.41) is 21.3. The van der Waals surface area contributed by atoms with E-state index in [0.717, 1.165) is 43.1 Å². The number of nitrogens with zero attached hydrogens (tertiary/aromatic N) is 2. The van der Waals surface area contributed by atoms with Gasteiger partial charge < -0.3 is 10.4 Å². The summed E-state index contributed by atoms with van der Waals surface area (Å²) < 4.78 is 0. The molecule has 1 aromatic rings. The lowest BCUT2D eigenvalue weighted by Crippen LogP contribution is -2.43. The van der Waals surface area contributed by atoms with Crippen molar-refractivity contribution in [2.75, 3.05) is 5.32 Å². The Labute approximate surface area is 101 Å². The highest BCUT2D eigenvalue weighted by molar-refractivity contribution is 5.41. The van der Waals surface area contributed by atoms with Gasteiger partial charge >= 0.3 is 0 Å². The summed E-state index contributed by atoms with van der Waals surface area (Å²) in [5.41, 5.74) is 2.48. The summed E-state index contributed by atoms with van der Waals surface area (Å²) in [6.07, 6.45) is 5.08. The fraction of sp³-hybridized carbons (Fsp3) is 0.692. The molecule has 0 aromatic carbocycles. The maximum absolute atomic E-state index is 9.54. The van der Waals surface area contributed by atoms with Gasteiger partial charge in [0.2, 0.25) is 0 Å². The number of aliphatic hydroxyl groups is 1. The van der Waals surface area contributed by atoms with Gasteiger partial charge in [0.15, 0.2) is 0 Å². The van der Waals surface area contributed by atoms with Crippen LogP contribution in [0.3, 0.4) is 0 Å². The molecule has 0 radical (unpaired) electrons. The third-order valence-corrected chi connectivity index (χ3v) is 3.97. The van der Waals surface area contributed by atoms with Crippen LogP contribution in [0.2, 0.25) is 0 Å². The van der Waals surface area contributed by atoms with E-state index >= 15 is 0 Å². The van der Waals surface area contributed by atoms with Crippen molar-refractivity contribution < 1.29 is 5.11 Å². The van der Waals surface area contributed by atoms with Crippen molar-refractivity contribution in [3.63, 3.8) is 0 Å². The van der Waals surface area contributed by atoms with Crippen LogP contribution < -0.4 is 5.32 Å². The summed E-state index contributed by atoms with van der Waals surface area (Å²) in [7, 11) is 0. The molecular formula is C13H19N3O. The highest BCUT2D eigenvalue weighted by atomic mass is 16.3. The normalized spacial score (nSPS) is 31.5. The van der Waals surface area contributed by atoms with Crippen LogP contribution >= 0.6 is 0 Å². The van der Waals surface area contributed by atoms with E-state index in [9.17, 15) is 5.11 Å². The summed E-state index contributed by atoms with van der Waals surface area (Å²) in [5.74, 6) is 1.57. The zero-order valence-corrected chi connectivity index (χ0v) is 10.2. The average Bonchev–Trinajstić information content (AvgIpc) is 2.33. The summed E-state index contributed by atoms with van der Waals surface area (Å²) in [6.45, 7) is 2.28. The van der Waals surface area contributed by atoms with Gasteiger partial charge in [0.1, 0.15) is 5.82 Å². The molecule has 3 unspecified atom stereocenters. The molecule has 2 aliphatic carbocycles. The second-order valence-electron chi connectivity index (χ2n) is 5.45. The van der Waals surface area contributed by atoms with Gasteiger partial charge in [0.05, 0.1) is 17.8 Å². The number of anilines is 1. The minimum absolute atomic E-state index is 0.170. The number of aryl methyl sites for hydroxylation is 1. The Bertz CT molecular complexity index is 421. The van der Waals surface area contributed by atoms with Crippen molar-refractivity contribution in [2.45, 2.75) is 51.2 Å². The third-order valence-electron chi connectivity index (χ3n) is 3.97. The highest BCUT2D eigenvalue weighted by Crippen LogP contribution is 2.27. The molecule has 0 bridgehead atoms. The van der Waals surface area contributed by atoms with E-state index in [1.165, 1.54) is 12.0 Å². The summed E-state index contributed by atoms with van der Waals surface area (Å²) >= 11 is 0. The van der Waals surface area contributed by atoms with Crippen molar-refractivity contribution in [1.82, 2.24) is 10.2 Å². The zero-order valence-electron chi connectivity index (χ0n) is 10.2. The monoisotopic (exact) mass is 233 g/mol. The molecule has 0 amide bonds. The number of hydrogen-bond acceptors (Lipinski definition) is 4. The van der Waals surface area contributed by atoms with Gasteiger partial charge in [-0.1, -0.05) is 6.92 Å². The Morgan fingerprint density at radius 1 is 1.29 bits per heavy atom. The molecule has 2 aliphatic rings. The molecular weight excluding hydrogens is 214 g/mol. The molecule has 1 aromatic heterocycles. The van der Waals surface area contributed by atoms with Crippen molar-refractivity contribution in [2.24, 2.45) is 5.92 Å². The first-order valence-corrected chi connectivity index (χ1v) is 6.52. The van der Waals surface area contributed by atoms with Crippen molar-refractivity contribution in [3.8, 4) is 0 Å². The van der Waals surface area contributed by atoms with Crippen LogP contribution in [-0.2, 0) is 12.8 Å².